The second-order valence-corrected chi connectivity index (χ2v) is 9.27. The second-order valence-electron chi connectivity index (χ2n) is 7.44. The second kappa shape index (κ2) is 16.7. The number of anilines is 1. The summed E-state index contributed by atoms with van der Waals surface area (Å²) < 4.78 is 56.7. The van der Waals surface area contributed by atoms with Gasteiger partial charge in [0.1, 0.15) is 0 Å². The van der Waals surface area contributed by atoms with Gasteiger partial charge in [-0.2, -0.15) is 0 Å². The number of rotatable bonds is 7. The van der Waals surface area contributed by atoms with E-state index in [4.69, 9.17) is 21.1 Å². The number of methoxy groups -OCH3 is 1. The summed E-state index contributed by atoms with van der Waals surface area (Å²) in [7, 11) is 1.60. The van der Waals surface area contributed by atoms with Crippen LogP contribution in [0.25, 0.3) is 0 Å². The first-order valence-electron chi connectivity index (χ1n) is 12.3. The topological polar surface area (TPSA) is 48.0 Å². The molecule has 0 aliphatic carbocycles. The van der Waals surface area contributed by atoms with Gasteiger partial charge in [-0.25, -0.2) is 0 Å². The van der Waals surface area contributed by atoms with Gasteiger partial charge in [-0.15, -0.1) is 0 Å². The van der Waals surface area contributed by atoms with Crippen LogP contribution in [0.4, 0.5) is 18.9 Å². The molecule has 0 N–H and O–H groups in total. The molecule has 0 fully saturated rings. The number of halogens is 4. The van der Waals surface area contributed by atoms with Crippen molar-refractivity contribution in [2.45, 2.75) is 59.7 Å². The Bertz CT molecular complexity index is 1090. The van der Waals surface area contributed by atoms with E-state index >= 15 is 0 Å². The van der Waals surface area contributed by atoms with Gasteiger partial charge < -0.3 is 4.74 Å². The van der Waals surface area contributed by atoms with Gasteiger partial charge in [0, 0.05) is 0 Å². The SMILES string of the molecule is CC.CCOC=O.CC[C-]=C1CO[C@H](c2cccc(OC)c2CC)c2cc(Cl)ccc2N1[C](=[W])C(F)(F)F. The number of fused-ring (bicyclic) bond motifs is 1. The van der Waals surface area contributed by atoms with Crippen molar-refractivity contribution in [2.75, 3.05) is 25.2 Å². The van der Waals surface area contributed by atoms with Crippen molar-refractivity contribution in [1.29, 1.82) is 0 Å². The summed E-state index contributed by atoms with van der Waals surface area (Å²) in [6.07, 6.45) is -0.878. The number of carbonyl (C=O) groups is 1. The number of alkyl halides is 3. The van der Waals surface area contributed by atoms with E-state index in [9.17, 15) is 18.0 Å². The summed E-state index contributed by atoms with van der Waals surface area (Å²) in [5, 5.41) is 0.428. The van der Waals surface area contributed by atoms with E-state index in [2.05, 4.69) is 10.8 Å². The molecule has 0 amide bonds. The van der Waals surface area contributed by atoms with Crippen LogP contribution in [0, 0.1) is 6.08 Å². The van der Waals surface area contributed by atoms with Crippen molar-refractivity contribution in [3.63, 3.8) is 0 Å². The summed E-state index contributed by atoms with van der Waals surface area (Å²) >= 11 is 6.60. The van der Waals surface area contributed by atoms with Gasteiger partial charge in [0.2, 0.25) is 0 Å². The van der Waals surface area contributed by atoms with Gasteiger partial charge in [0.25, 0.3) is 6.47 Å². The normalized spacial score (nSPS) is 15.7. The molecule has 0 aromatic heterocycles. The zero-order valence-corrected chi connectivity index (χ0v) is 26.1. The first-order chi connectivity index (χ1) is 18.1. The molecule has 10 heteroatoms. The summed E-state index contributed by atoms with van der Waals surface area (Å²) in [5.41, 5.74) is 3.11. The van der Waals surface area contributed by atoms with Crippen LogP contribution in [-0.4, -0.2) is 37.0 Å². The molecule has 2 aromatic rings. The van der Waals surface area contributed by atoms with Gasteiger partial charge in [-0.3, -0.25) is 4.79 Å². The van der Waals surface area contributed by atoms with Gasteiger partial charge in [-0.1, -0.05) is 13.8 Å². The maximum atomic E-state index is 13.8. The molecule has 0 saturated carbocycles. The Kier molecular flexibility index (Phi) is 14.9. The Morgan fingerprint density at radius 1 is 1.21 bits per heavy atom. The molecule has 5 nitrogen and oxygen atoms in total. The quantitative estimate of drug-likeness (QED) is 0.221. The Hall–Kier alpha value is -2.15. The van der Waals surface area contributed by atoms with Gasteiger partial charge in [0.05, 0.1) is 6.61 Å². The van der Waals surface area contributed by atoms with E-state index in [0.29, 0.717) is 73.0 Å². The fraction of sp³-hybridized carbons (Fsp3) is 0.429. The van der Waals surface area contributed by atoms with Crippen LogP contribution >= 0.6 is 11.6 Å². The molecule has 1 atom stereocenters. The third kappa shape index (κ3) is 8.68. The summed E-state index contributed by atoms with van der Waals surface area (Å²) in [5.74, 6) is 0.714. The summed E-state index contributed by atoms with van der Waals surface area (Å²) in [4.78, 5) is 10.4. The molecular formula is C28H34ClF3NO4W-. The Morgan fingerprint density at radius 2 is 1.89 bits per heavy atom. The van der Waals surface area contributed by atoms with E-state index in [-0.39, 0.29) is 6.61 Å². The van der Waals surface area contributed by atoms with Crippen molar-refractivity contribution in [1.82, 2.24) is 0 Å². The minimum absolute atomic E-state index is 0.0158. The van der Waals surface area contributed by atoms with Crippen LogP contribution in [0.1, 0.15) is 63.8 Å². The van der Waals surface area contributed by atoms with Crippen LogP contribution in [0.2, 0.25) is 5.02 Å². The summed E-state index contributed by atoms with van der Waals surface area (Å²) in [6, 6.07) is 10.6. The Morgan fingerprint density at radius 3 is 2.39 bits per heavy atom. The molecule has 1 heterocycles. The molecular weight excluding hydrogens is 691 g/mol. The predicted octanol–water partition coefficient (Wildman–Crippen LogP) is 7.38. The Labute approximate surface area is 239 Å². The number of nitrogens with zero attached hydrogens (tertiary/aromatic N) is 1. The van der Waals surface area contributed by atoms with E-state index in [1.165, 1.54) is 4.90 Å². The number of hydrogen-bond donors (Lipinski definition) is 0. The molecule has 0 saturated heterocycles. The fourth-order valence-electron chi connectivity index (χ4n) is 3.82. The molecule has 210 valence electrons. The van der Waals surface area contributed by atoms with Crippen molar-refractivity contribution in [3.8, 4) is 5.75 Å². The molecule has 1 aliphatic heterocycles. The van der Waals surface area contributed by atoms with Crippen LogP contribution in [-0.2, 0) is 40.0 Å². The van der Waals surface area contributed by atoms with Crippen molar-refractivity contribution in [3.05, 3.63) is 69.9 Å². The average Bonchev–Trinajstić information content (AvgIpc) is 3.05. The number of benzene rings is 2. The van der Waals surface area contributed by atoms with Gasteiger partial charge >= 0.3 is 197 Å². The van der Waals surface area contributed by atoms with E-state index in [1.807, 2.05) is 45.9 Å². The standard InChI is InChI=1S/C23H22ClF3NO2.C3H6O2.C2H6.W/c1-4-7-16-13-30-22(18-8-6-9-21(29-3)17(18)5-2)19-12-15(24)10-11-20(19)28(16)14-23(25,26)27;1-2-5-3-4;1-2;/h6,8-12,22H,4-5,13H2,1-3H3;3H,2H2,1H3;1-2H3;/q-1;;;/t22-;;;/m1.../s1. The van der Waals surface area contributed by atoms with E-state index < -0.39 is 16.3 Å². The van der Waals surface area contributed by atoms with Crippen molar-refractivity contribution in [2.24, 2.45) is 0 Å². The molecule has 2 aromatic carbocycles. The molecule has 1 aliphatic rings. The molecule has 3 rings (SSSR count). The van der Waals surface area contributed by atoms with E-state index in [1.54, 1.807) is 32.2 Å². The van der Waals surface area contributed by atoms with E-state index in [0.717, 1.165) is 11.1 Å². The third-order valence-corrected chi connectivity index (χ3v) is 6.98. The third-order valence-electron chi connectivity index (χ3n) is 5.26. The molecule has 38 heavy (non-hydrogen) atoms. The molecule has 0 bridgehead atoms. The number of allylic oxidation sites excluding steroid dienone is 1. The average molecular weight is 725 g/mol. The number of hydrogen-bond acceptors (Lipinski definition) is 5. The molecule has 0 unspecified atom stereocenters. The van der Waals surface area contributed by atoms with Crippen molar-refractivity contribution >= 4 is 27.8 Å². The molecule has 0 radical (unpaired) electrons. The number of ether oxygens (including phenoxy) is 3. The monoisotopic (exact) mass is 724 g/mol. The minimum atomic E-state index is -4.47. The van der Waals surface area contributed by atoms with Crippen molar-refractivity contribution < 1.29 is 51.5 Å². The molecule has 0 spiro atoms. The van der Waals surface area contributed by atoms with Gasteiger partial charge in [-0.05, 0) is 6.92 Å². The Balaban J connectivity index is 0.000000924. The van der Waals surface area contributed by atoms with Crippen LogP contribution in [0.3, 0.4) is 0 Å². The van der Waals surface area contributed by atoms with Gasteiger partial charge in [0.15, 0.2) is 0 Å². The fourth-order valence-corrected chi connectivity index (χ4v) is 4.75. The predicted molar refractivity (Wildman–Crippen MR) is 141 cm³/mol. The van der Waals surface area contributed by atoms with Crippen LogP contribution in [0.5, 0.6) is 5.75 Å². The summed E-state index contributed by atoms with van der Waals surface area (Å²) in [6.45, 7) is 10.5. The zero-order chi connectivity index (χ0) is 28.9. The first-order valence-corrected chi connectivity index (χ1v) is 14.1. The van der Waals surface area contributed by atoms with Crippen LogP contribution in [0.15, 0.2) is 42.1 Å². The zero-order valence-electron chi connectivity index (χ0n) is 22.4. The first kappa shape index (κ1) is 33.9. The maximum absolute atomic E-state index is 13.8. The number of carbonyl (C=O) groups excluding carboxylic acids is 1. The van der Waals surface area contributed by atoms with Crippen LogP contribution < -0.4 is 9.64 Å².